The van der Waals surface area contributed by atoms with E-state index in [1.54, 1.807) is 12.1 Å². The Balaban J connectivity index is 2.23. The highest BCUT2D eigenvalue weighted by atomic mass is 32.2. The van der Waals surface area contributed by atoms with Gasteiger partial charge in [-0.2, -0.15) is 0 Å². The Labute approximate surface area is 166 Å². The second-order valence-corrected chi connectivity index (χ2v) is 10.1. The number of carbonyl (C=O) groups excluding carboxylic acids is 1. The first-order valence-electron chi connectivity index (χ1n) is 8.53. The van der Waals surface area contributed by atoms with Gasteiger partial charge in [-0.1, -0.05) is 12.1 Å². The third kappa shape index (κ3) is 5.68. The number of benzene rings is 1. The maximum Gasteiger partial charge on any atom is 0.407 e. The zero-order valence-corrected chi connectivity index (χ0v) is 17.7. The zero-order valence-electron chi connectivity index (χ0n) is 16.1. The molecule has 0 saturated carbocycles. The fourth-order valence-corrected chi connectivity index (χ4v) is 4.21. The molecule has 2 aromatic rings. The summed E-state index contributed by atoms with van der Waals surface area (Å²) in [6.07, 6.45) is -0.612. The van der Waals surface area contributed by atoms with Crippen LogP contribution in [0, 0.1) is 5.82 Å². The van der Waals surface area contributed by atoms with Crippen LogP contribution in [-0.4, -0.2) is 22.4 Å². The number of carbonyl (C=O) groups is 1. The first-order chi connectivity index (χ1) is 12.6. The van der Waals surface area contributed by atoms with E-state index in [0.717, 1.165) is 9.75 Å². The molecule has 0 aliphatic heterocycles. The van der Waals surface area contributed by atoms with Gasteiger partial charge < -0.3 is 14.6 Å². The molecule has 0 aliphatic rings. The van der Waals surface area contributed by atoms with Gasteiger partial charge in [-0.05, 0) is 45.9 Å². The van der Waals surface area contributed by atoms with E-state index >= 15 is 0 Å². The molecular formula is C19H25FN2O3S2. The Morgan fingerprint density at radius 1 is 1.33 bits per heavy atom. The molecule has 0 fully saturated rings. The highest BCUT2D eigenvalue weighted by Crippen LogP contribution is 2.35. The van der Waals surface area contributed by atoms with Crippen molar-refractivity contribution in [2.45, 2.75) is 45.1 Å². The minimum absolute atomic E-state index is 0.108. The predicted molar refractivity (Wildman–Crippen MR) is 108 cm³/mol. The van der Waals surface area contributed by atoms with Crippen LogP contribution in [-0.2, 0) is 22.7 Å². The molecule has 0 bridgehead atoms. The lowest BCUT2D eigenvalue weighted by Gasteiger charge is -2.26. The van der Waals surface area contributed by atoms with Gasteiger partial charge in [0.05, 0.1) is 6.04 Å². The summed E-state index contributed by atoms with van der Waals surface area (Å²) in [6.45, 7) is 7.52. The summed E-state index contributed by atoms with van der Waals surface area (Å²) in [5.41, 5.74) is 1.01. The average Bonchev–Trinajstić information content (AvgIpc) is 3.09. The number of nitrogens with one attached hydrogen (secondary N) is 2. The van der Waals surface area contributed by atoms with Crippen LogP contribution in [0.4, 0.5) is 9.18 Å². The van der Waals surface area contributed by atoms with Gasteiger partial charge in [0.2, 0.25) is 0 Å². The number of alkyl carbamates (subject to hydrolysis) is 1. The molecule has 8 heteroatoms. The van der Waals surface area contributed by atoms with E-state index < -0.39 is 23.3 Å². The normalized spacial score (nSPS) is 13.9. The number of halogens is 1. The van der Waals surface area contributed by atoms with Gasteiger partial charge in [0.1, 0.15) is 17.2 Å². The minimum Gasteiger partial charge on any atom is -0.598 e. The van der Waals surface area contributed by atoms with Crippen LogP contribution in [0.5, 0.6) is 0 Å². The van der Waals surface area contributed by atoms with Crippen LogP contribution in [0.2, 0.25) is 0 Å². The molecule has 5 nitrogen and oxygen atoms in total. The van der Waals surface area contributed by atoms with Crippen LogP contribution >= 0.6 is 11.3 Å². The Morgan fingerprint density at radius 2 is 2.04 bits per heavy atom. The summed E-state index contributed by atoms with van der Waals surface area (Å²) in [6, 6.07) is 8.50. The topological polar surface area (TPSA) is 73.4 Å². The standard InChI is InChI=1S/C19H25FN2O3S2/c1-12(22-27(24)19(2,3)4)16-9-10-17(26-16)13-7-6-8-15(20)14(13)11-25-18(23)21-5/h6-10,12,22H,11H2,1-5H3,(H,21,23)/t12?,27-/m1/s1. The first kappa shape index (κ1) is 21.7. The fraction of sp³-hybridized carbons (Fsp3) is 0.421. The second kappa shape index (κ2) is 9.05. The zero-order chi connectivity index (χ0) is 20.2. The molecule has 148 valence electrons. The van der Waals surface area contributed by atoms with Crippen LogP contribution in [0.1, 0.15) is 44.2 Å². The summed E-state index contributed by atoms with van der Waals surface area (Å²) in [5.74, 6) is -0.425. The van der Waals surface area contributed by atoms with Gasteiger partial charge >= 0.3 is 6.09 Å². The lowest BCUT2D eigenvalue weighted by molar-refractivity contribution is 0.141. The van der Waals surface area contributed by atoms with Gasteiger partial charge in [0.15, 0.2) is 0 Å². The van der Waals surface area contributed by atoms with Gasteiger partial charge in [-0.25, -0.2) is 9.18 Å². The molecule has 27 heavy (non-hydrogen) atoms. The maximum absolute atomic E-state index is 14.3. The van der Waals surface area contributed by atoms with E-state index in [1.165, 1.54) is 24.5 Å². The highest BCUT2D eigenvalue weighted by molar-refractivity contribution is 7.90. The van der Waals surface area contributed by atoms with Gasteiger partial charge in [-0.15, -0.1) is 16.1 Å². The Hall–Kier alpha value is -1.61. The molecule has 2 N–H and O–H groups in total. The molecule has 1 aromatic carbocycles. The fourth-order valence-electron chi connectivity index (χ4n) is 2.27. The van der Waals surface area contributed by atoms with Gasteiger partial charge in [-0.3, -0.25) is 0 Å². The van der Waals surface area contributed by atoms with Crippen molar-refractivity contribution in [3.8, 4) is 10.4 Å². The number of ether oxygens (including phenoxy) is 1. The van der Waals surface area contributed by atoms with Crippen molar-refractivity contribution in [3.05, 3.63) is 46.6 Å². The molecule has 2 atom stereocenters. The van der Waals surface area contributed by atoms with Crippen LogP contribution in [0.25, 0.3) is 10.4 Å². The molecule has 0 spiro atoms. The molecule has 1 amide bonds. The smallest absolute Gasteiger partial charge is 0.407 e. The largest absolute Gasteiger partial charge is 0.598 e. The van der Waals surface area contributed by atoms with E-state index in [0.29, 0.717) is 11.1 Å². The number of hydrogen-bond acceptors (Lipinski definition) is 5. The van der Waals surface area contributed by atoms with Gasteiger partial charge in [0, 0.05) is 39.3 Å². The summed E-state index contributed by atoms with van der Waals surface area (Å²) < 4.78 is 34.4. The summed E-state index contributed by atoms with van der Waals surface area (Å²) >= 11 is 0.301. The average molecular weight is 413 g/mol. The Kier molecular flexibility index (Phi) is 7.27. The van der Waals surface area contributed by atoms with Crippen molar-refractivity contribution >= 4 is 28.8 Å². The third-order valence-corrected chi connectivity index (χ3v) is 6.81. The predicted octanol–water partition coefficient (Wildman–Crippen LogP) is 4.52. The highest BCUT2D eigenvalue weighted by Gasteiger charge is 2.28. The van der Waals surface area contributed by atoms with Crippen molar-refractivity contribution in [3.63, 3.8) is 0 Å². The Morgan fingerprint density at radius 3 is 2.67 bits per heavy atom. The van der Waals surface area contributed by atoms with Crippen molar-refractivity contribution in [1.29, 1.82) is 0 Å². The first-order valence-corrected chi connectivity index (χ1v) is 10.5. The minimum atomic E-state index is -1.19. The summed E-state index contributed by atoms with van der Waals surface area (Å²) in [5, 5.41) is 2.35. The summed E-state index contributed by atoms with van der Waals surface area (Å²) in [4.78, 5) is 13.2. The van der Waals surface area contributed by atoms with Crippen LogP contribution in [0.3, 0.4) is 0 Å². The van der Waals surface area contributed by atoms with E-state index in [4.69, 9.17) is 4.74 Å². The second-order valence-electron chi connectivity index (χ2n) is 7.01. The number of thiophene rings is 1. The van der Waals surface area contributed by atoms with Crippen molar-refractivity contribution < 1.29 is 18.5 Å². The summed E-state index contributed by atoms with van der Waals surface area (Å²) in [7, 11) is 1.45. The lowest BCUT2D eigenvalue weighted by Crippen LogP contribution is -2.40. The van der Waals surface area contributed by atoms with E-state index in [9.17, 15) is 13.7 Å². The van der Waals surface area contributed by atoms with E-state index in [2.05, 4.69) is 10.0 Å². The lowest BCUT2D eigenvalue weighted by atomic mass is 10.1. The molecule has 0 saturated heterocycles. The molecule has 1 heterocycles. The SMILES string of the molecule is CNC(=O)OCc1c(F)cccc1-c1ccc(C(C)N[S@+]([O-])C(C)(C)C)s1. The number of hydrogen-bond donors (Lipinski definition) is 2. The van der Waals surface area contributed by atoms with E-state index in [1.807, 2.05) is 39.8 Å². The Bertz CT molecular complexity index is 790. The van der Waals surface area contributed by atoms with Gasteiger partial charge in [0.25, 0.3) is 0 Å². The molecular weight excluding hydrogens is 387 g/mol. The maximum atomic E-state index is 14.3. The molecule has 1 aromatic heterocycles. The molecule has 0 radical (unpaired) electrons. The van der Waals surface area contributed by atoms with Crippen molar-refractivity contribution in [2.24, 2.45) is 0 Å². The number of amides is 1. The molecule has 1 unspecified atom stereocenters. The number of rotatable bonds is 6. The van der Waals surface area contributed by atoms with E-state index in [-0.39, 0.29) is 17.4 Å². The van der Waals surface area contributed by atoms with Crippen molar-refractivity contribution in [1.82, 2.24) is 10.0 Å². The quantitative estimate of drug-likeness (QED) is 0.684. The third-order valence-electron chi connectivity index (χ3n) is 3.83. The van der Waals surface area contributed by atoms with Crippen molar-refractivity contribution in [2.75, 3.05) is 7.05 Å². The molecule has 2 rings (SSSR count). The monoisotopic (exact) mass is 412 g/mol. The van der Waals surface area contributed by atoms with Crippen LogP contribution in [0.15, 0.2) is 30.3 Å². The van der Waals surface area contributed by atoms with Crippen LogP contribution < -0.4 is 10.0 Å². The molecule has 0 aliphatic carbocycles.